The van der Waals surface area contributed by atoms with Gasteiger partial charge < -0.3 is 5.32 Å². The maximum absolute atomic E-state index is 13.3. The van der Waals surface area contributed by atoms with Crippen LogP contribution in [0.4, 0.5) is 5.00 Å². The first-order valence-corrected chi connectivity index (χ1v) is 12.6. The fourth-order valence-electron chi connectivity index (χ4n) is 4.55. The Balaban J connectivity index is 1.43. The van der Waals surface area contributed by atoms with Gasteiger partial charge in [0.1, 0.15) is 10.0 Å². The van der Waals surface area contributed by atoms with Crippen LogP contribution in [0.1, 0.15) is 34.1 Å². The number of anilines is 1. The minimum atomic E-state index is -0.0650. The lowest BCUT2D eigenvalue weighted by atomic mass is 9.88. The van der Waals surface area contributed by atoms with Gasteiger partial charge in [0.25, 0.3) is 5.91 Å². The van der Waals surface area contributed by atoms with E-state index in [-0.39, 0.29) is 5.91 Å². The molecule has 0 aliphatic heterocycles. The minimum Gasteiger partial charge on any atom is -0.313 e. The number of nitrogens with zero attached hydrogens (tertiary/aromatic N) is 1. The third kappa shape index (κ3) is 3.42. The summed E-state index contributed by atoms with van der Waals surface area (Å²) in [5.41, 5.74) is 4.20. The van der Waals surface area contributed by atoms with Gasteiger partial charge in [0, 0.05) is 16.0 Å². The molecule has 5 heteroatoms. The van der Waals surface area contributed by atoms with Gasteiger partial charge in [-0.3, -0.25) is 4.79 Å². The van der Waals surface area contributed by atoms with Crippen molar-refractivity contribution in [2.75, 3.05) is 5.32 Å². The standard InChI is InChI=1S/C27H22N2OS2/c1-16-10-13-20-23(14-16)32-27(24(20)26-28-21-8-4-5-9-22(21)31-26)29-25(30)19-12-11-17-6-2-3-7-18(17)15-19/h2-9,11-12,15-16H,10,13-14H2,1H3,(H,29,30). The molecule has 0 saturated carbocycles. The van der Waals surface area contributed by atoms with Gasteiger partial charge in [-0.1, -0.05) is 49.4 Å². The number of nitrogens with one attached hydrogen (secondary N) is 1. The molecule has 0 bridgehead atoms. The topological polar surface area (TPSA) is 42.0 Å². The molecule has 6 rings (SSSR count). The SMILES string of the molecule is CC1CCc2c(sc(NC(=O)c3ccc4ccccc4c3)c2-c2nc3ccccc3s2)C1. The van der Waals surface area contributed by atoms with Crippen LogP contribution in [-0.2, 0) is 12.8 Å². The van der Waals surface area contributed by atoms with Crippen molar-refractivity contribution >= 4 is 54.6 Å². The molecule has 2 aromatic heterocycles. The monoisotopic (exact) mass is 454 g/mol. The number of amides is 1. The highest BCUT2D eigenvalue weighted by atomic mass is 32.1. The number of thiazole rings is 1. The van der Waals surface area contributed by atoms with Gasteiger partial charge >= 0.3 is 0 Å². The van der Waals surface area contributed by atoms with Crippen LogP contribution in [0.5, 0.6) is 0 Å². The maximum Gasteiger partial charge on any atom is 0.256 e. The van der Waals surface area contributed by atoms with Crippen molar-refractivity contribution in [1.29, 1.82) is 0 Å². The lowest BCUT2D eigenvalue weighted by Crippen LogP contribution is -2.12. The highest BCUT2D eigenvalue weighted by Gasteiger charge is 2.27. The van der Waals surface area contributed by atoms with Crippen molar-refractivity contribution in [3.63, 3.8) is 0 Å². The lowest BCUT2D eigenvalue weighted by molar-refractivity contribution is 0.102. The van der Waals surface area contributed by atoms with Crippen LogP contribution in [0.25, 0.3) is 31.6 Å². The Morgan fingerprint density at radius 1 is 1.00 bits per heavy atom. The molecule has 2 heterocycles. The van der Waals surface area contributed by atoms with Crippen molar-refractivity contribution < 1.29 is 4.79 Å². The zero-order valence-electron chi connectivity index (χ0n) is 17.7. The van der Waals surface area contributed by atoms with Crippen LogP contribution >= 0.6 is 22.7 Å². The van der Waals surface area contributed by atoms with E-state index in [1.807, 2.05) is 42.5 Å². The third-order valence-electron chi connectivity index (χ3n) is 6.26. The van der Waals surface area contributed by atoms with Crippen LogP contribution in [0.15, 0.2) is 66.7 Å². The Morgan fingerprint density at radius 2 is 1.81 bits per heavy atom. The predicted octanol–water partition coefficient (Wildman–Crippen LogP) is 7.56. The summed E-state index contributed by atoms with van der Waals surface area (Å²) in [7, 11) is 0. The molecule has 0 saturated heterocycles. The van der Waals surface area contributed by atoms with E-state index >= 15 is 0 Å². The molecule has 1 N–H and O–H groups in total. The van der Waals surface area contributed by atoms with Crippen molar-refractivity contribution in [3.05, 3.63) is 82.7 Å². The molecule has 1 amide bonds. The van der Waals surface area contributed by atoms with E-state index < -0.39 is 0 Å². The maximum atomic E-state index is 13.3. The van der Waals surface area contributed by atoms with Gasteiger partial charge in [-0.2, -0.15) is 0 Å². The summed E-state index contributed by atoms with van der Waals surface area (Å²) < 4.78 is 1.18. The highest BCUT2D eigenvalue weighted by molar-refractivity contribution is 7.23. The Kier molecular flexibility index (Phi) is 4.81. The highest BCUT2D eigenvalue weighted by Crippen LogP contribution is 2.47. The van der Waals surface area contributed by atoms with Crippen molar-refractivity contribution in [1.82, 2.24) is 4.98 Å². The van der Waals surface area contributed by atoms with Crippen LogP contribution in [-0.4, -0.2) is 10.9 Å². The van der Waals surface area contributed by atoms with E-state index in [2.05, 4.69) is 36.5 Å². The molecule has 3 aromatic carbocycles. The molecule has 3 nitrogen and oxygen atoms in total. The van der Waals surface area contributed by atoms with Gasteiger partial charge in [-0.15, -0.1) is 22.7 Å². The summed E-state index contributed by atoms with van der Waals surface area (Å²) in [4.78, 5) is 19.6. The van der Waals surface area contributed by atoms with Crippen LogP contribution in [0.3, 0.4) is 0 Å². The second-order valence-electron chi connectivity index (χ2n) is 8.56. The first kappa shape index (κ1) is 19.6. The second kappa shape index (κ2) is 7.84. The summed E-state index contributed by atoms with van der Waals surface area (Å²) >= 11 is 3.44. The molecule has 158 valence electrons. The average Bonchev–Trinajstić information content (AvgIpc) is 3.38. The van der Waals surface area contributed by atoms with Gasteiger partial charge in [-0.05, 0) is 65.8 Å². The Labute approximate surface area is 194 Å². The summed E-state index contributed by atoms with van der Waals surface area (Å²) in [6, 6.07) is 22.3. The van der Waals surface area contributed by atoms with Crippen molar-refractivity contribution in [2.45, 2.75) is 26.2 Å². The van der Waals surface area contributed by atoms with Gasteiger partial charge in [0.05, 0.1) is 10.2 Å². The van der Waals surface area contributed by atoms with Gasteiger partial charge in [-0.25, -0.2) is 4.98 Å². The number of aromatic nitrogens is 1. The van der Waals surface area contributed by atoms with E-state index in [1.165, 1.54) is 21.6 Å². The number of fused-ring (bicyclic) bond motifs is 3. The molecule has 32 heavy (non-hydrogen) atoms. The number of carbonyl (C=O) groups is 1. The van der Waals surface area contributed by atoms with Gasteiger partial charge in [0.2, 0.25) is 0 Å². The number of carbonyl (C=O) groups excluding carboxylic acids is 1. The second-order valence-corrected chi connectivity index (χ2v) is 10.7. The smallest absolute Gasteiger partial charge is 0.256 e. The Hall–Kier alpha value is -3.02. The minimum absolute atomic E-state index is 0.0650. The molecule has 1 aliphatic rings. The first-order valence-electron chi connectivity index (χ1n) is 11.0. The van der Waals surface area contributed by atoms with Crippen molar-refractivity contribution in [3.8, 4) is 10.6 Å². The first-order chi connectivity index (χ1) is 15.7. The number of rotatable bonds is 3. The molecule has 1 atom stereocenters. The lowest BCUT2D eigenvalue weighted by Gasteiger charge is -2.18. The normalized spacial score (nSPS) is 15.7. The number of hydrogen-bond donors (Lipinski definition) is 1. The summed E-state index contributed by atoms with van der Waals surface area (Å²) in [6.07, 6.45) is 3.30. The molecule has 5 aromatic rings. The van der Waals surface area contributed by atoms with Crippen molar-refractivity contribution in [2.24, 2.45) is 5.92 Å². The molecule has 0 fully saturated rings. The zero-order chi connectivity index (χ0) is 21.7. The number of hydrogen-bond acceptors (Lipinski definition) is 4. The van der Waals surface area contributed by atoms with E-state index in [9.17, 15) is 4.79 Å². The van der Waals surface area contributed by atoms with Crippen LogP contribution in [0.2, 0.25) is 0 Å². The van der Waals surface area contributed by atoms with Crippen LogP contribution < -0.4 is 5.32 Å². The summed E-state index contributed by atoms with van der Waals surface area (Å²) in [6.45, 7) is 2.31. The van der Waals surface area contributed by atoms with E-state index in [4.69, 9.17) is 4.98 Å². The fourth-order valence-corrected chi connectivity index (χ4v) is 7.07. The van der Waals surface area contributed by atoms with E-state index in [1.54, 1.807) is 22.7 Å². The Bertz CT molecular complexity index is 1450. The Morgan fingerprint density at radius 3 is 2.69 bits per heavy atom. The molecule has 0 spiro atoms. The molecule has 1 unspecified atom stereocenters. The van der Waals surface area contributed by atoms with E-state index in [0.29, 0.717) is 11.5 Å². The zero-order valence-corrected chi connectivity index (χ0v) is 19.4. The molecule has 0 radical (unpaired) electrons. The van der Waals surface area contributed by atoms with E-state index in [0.717, 1.165) is 44.7 Å². The number of benzene rings is 3. The third-order valence-corrected chi connectivity index (χ3v) is 8.48. The number of thiophene rings is 1. The van der Waals surface area contributed by atoms with Crippen LogP contribution in [0, 0.1) is 5.92 Å². The molecule has 1 aliphatic carbocycles. The molecular formula is C27H22N2OS2. The quantitative estimate of drug-likeness (QED) is 0.306. The van der Waals surface area contributed by atoms with Gasteiger partial charge in [0.15, 0.2) is 0 Å². The largest absolute Gasteiger partial charge is 0.313 e. The summed E-state index contributed by atoms with van der Waals surface area (Å²) in [5, 5.41) is 7.40. The predicted molar refractivity (Wildman–Crippen MR) is 136 cm³/mol. The summed E-state index contributed by atoms with van der Waals surface area (Å²) in [5.74, 6) is 0.609. The average molecular weight is 455 g/mol. The molecular weight excluding hydrogens is 432 g/mol. The fraction of sp³-hybridized carbons (Fsp3) is 0.185. The number of para-hydroxylation sites is 1.